The van der Waals surface area contributed by atoms with Crippen molar-refractivity contribution >= 4 is 26.0 Å². The molecule has 2 aromatic rings. The second-order valence-corrected chi connectivity index (χ2v) is 6.91. The molecule has 0 unspecified atom stereocenters. The third-order valence-electron chi connectivity index (χ3n) is 2.75. The van der Waals surface area contributed by atoms with Crippen molar-refractivity contribution in [3.63, 3.8) is 0 Å². The molecule has 0 saturated carbocycles. The molecular weight excluding hydrogens is 356 g/mol. The van der Waals surface area contributed by atoms with Crippen LogP contribution >= 0.6 is 15.9 Å². The Labute approximate surface area is 132 Å². The summed E-state index contributed by atoms with van der Waals surface area (Å²) >= 11 is 3.31. The zero-order valence-corrected chi connectivity index (χ0v) is 13.8. The molecule has 0 bridgehead atoms. The smallest absolute Gasteiger partial charge is 0.242 e. The summed E-state index contributed by atoms with van der Waals surface area (Å²) in [5.41, 5.74) is 1.61. The molecule has 0 aliphatic rings. The fraction of sp³-hybridized carbons (Fsp3) is 0.231. The maximum atomic E-state index is 12.3. The van der Waals surface area contributed by atoms with Gasteiger partial charge in [-0.1, -0.05) is 6.07 Å². The first-order valence-electron chi connectivity index (χ1n) is 6.20. The monoisotopic (exact) mass is 370 g/mol. The van der Waals surface area contributed by atoms with Gasteiger partial charge in [0, 0.05) is 17.2 Å². The molecule has 0 fully saturated rings. The first-order valence-corrected chi connectivity index (χ1v) is 8.48. The highest BCUT2D eigenvalue weighted by Crippen LogP contribution is 2.23. The van der Waals surface area contributed by atoms with Crippen LogP contribution in [0, 0.1) is 0 Å². The summed E-state index contributed by atoms with van der Waals surface area (Å²) in [6.45, 7) is 0.794. The van der Waals surface area contributed by atoms with Gasteiger partial charge in [-0.15, -0.1) is 0 Å². The number of hydrogen-bond acceptors (Lipinski definition) is 5. The quantitative estimate of drug-likeness (QED) is 0.803. The van der Waals surface area contributed by atoms with E-state index in [2.05, 4.69) is 35.9 Å². The minimum atomic E-state index is -3.60. The SMILES string of the molecule is CNCc1ccc(S(=O)(=O)NCc2ccncn2)c(Br)c1. The number of nitrogens with one attached hydrogen (secondary N) is 2. The van der Waals surface area contributed by atoms with E-state index in [0.717, 1.165) is 5.56 Å². The highest BCUT2D eigenvalue weighted by molar-refractivity contribution is 9.10. The molecule has 0 saturated heterocycles. The maximum absolute atomic E-state index is 12.3. The van der Waals surface area contributed by atoms with Crippen LogP contribution in [0.1, 0.15) is 11.3 Å². The van der Waals surface area contributed by atoms with E-state index in [1.807, 2.05) is 7.05 Å². The molecule has 0 amide bonds. The minimum Gasteiger partial charge on any atom is -0.316 e. The molecule has 0 spiro atoms. The first kappa shape index (κ1) is 16.0. The summed E-state index contributed by atoms with van der Waals surface area (Å²) in [5.74, 6) is 0. The van der Waals surface area contributed by atoms with E-state index in [9.17, 15) is 8.42 Å². The Morgan fingerprint density at radius 2 is 2.05 bits per heavy atom. The van der Waals surface area contributed by atoms with E-state index in [0.29, 0.717) is 16.7 Å². The van der Waals surface area contributed by atoms with Gasteiger partial charge in [0.25, 0.3) is 0 Å². The number of nitrogens with zero attached hydrogens (tertiary/aromatic N) is 2. The molecule has 6 nitrogen and oxygen atoms in total. The lowest BCUT2D eigenvalue weighted by molar-refractivity contribution is 0.579. The second-order valence-electron chi connectivity index (χ2n) is 4.32. The van der Waals surface area contributed by atoms with Gasteiger partial charge in [0.2, 0.25) is 10.0 Å². The Morgan fingerprint density at radius 3 is 2.67 bits per heavy atom. The Balaban J connectivity index is 2.16. The van der Waals surface area contributed by atoms with E-state index in [1.54, 1.807) is 30.5 Å². The van der Waals surface area contributed by atoms with E-state index in [-0.39, 0.29) is 11.4 Å². The average Bonchev–Trinajstić information content (AvgIpc) is 2.46. The Morgan fingerprint density at radius 1 is 1.24 bits per heavy atom. The van der Waals surface area contributed by atoms with Crippen LogP contribution in [-0.4, -0.2) is 25.4 Å². The van der Waals surface area contributed by atoms with Gasteiger partial charge in [0.15, 0.2) is 0 Å². The summed E-state index contributed by atoms with van der Waals surface area (Å²) in [6.07, 6.45) is 2.95. The molecule has 0 aliphatic carbocycles. The number of halogens is 1. The van der Waals surface area contributed by atoms with Crippen molar-refractivity contribution in [3.05, 3.63) is 52.5 Å². The van der Waals surface area contributed by atoms with E-state index >= 15 is 0 Å². The van der Waals surface area contributed by atoms with Crippen LogP contribution in [0.25, 0.3) is 0 Å². The maximum Gasteiger partial charge on any atom is 0.242 e. The van der Waals surface area contributed by atoms with Crippen molar-refractivity contribution < 1.29 is 8.42 Å². The highest BCUT2D eigenvalue weighted by Gasteiger charge is 2.17. The number of sulfonamides is 1. The molecule has 1 aromatic carbocycles. The molecule has 1 heterocycles. The van der Waals surface area contributed by atoms with Crippen LogP contribution in [0.5, 0.6) is 0 Å². The molecule has 0 atom stereocenters. The van der Waals surface area contributed by atoms with Crippen molar-refractivity contribution in [1.29, 1.82) is 0 Å². The zero-order chi connectivity index (χ0) is 15.3. The summed E-state index contributed by atoms with van der Waals surface area (Å²) < 4.78 is 27.6. The van der Waals surface area contributed by atoms with E-state index < -0.39 is 10.0 Å². The molecule has 8 heteroatoms. The molecular formula is C13H15BrN4O2S. The van der Waals surface area contributed by atoms with Gasteiger partial charge in [-0.2, -0.15) is 0 Å². The molecule has 2 N–H and O–H groups in total. The molecule has 21 heavy (non-hydrogen) atoms. The molecule has 0 aliphatic heterocycles. The third kappa shape index (κ3) is 4.31. The normalized spacial score (nSPS) is 11.5. The van der Waals surface area contributed by atoms with Crippen molar-refractivity contribution in [1.82, 2.24) is 20.0 Å². The fourth-order valence-electron chi connectivity index (χ4n) is 1.75. The van der Waals surface area contributed by atoms with Crippen molar-refractivity contribution in [2.24, 2.45) is 0 Å². The number of hydrogen-bond donors (Lipinski definition) is 2. The topological polar surface area (TPSA) is 84.0 Å². The van der Waals surface area contributed by atoms with Crippen molar-refractivity contribution in [3.8, 4) is 0 Å². The van der Waals surface area contributed by atoms with Crippen LogP contribution in [0.2, 0.25) is 0 Å². The molecule has 1 aromatic heterocycles. The van der Waals surface area contributed by atoms with Gasteiger partial charge in [0.1, 0.15) is 6.33 Å². The molecule has 0 radical (unpaired) electrons. The van der Waals surface area contributed by atoms with Gasteiger partial charge >= 0.3 is 0 Å². The number of benzene rings is 1. The zero-order valence-electron chi connectivity index (χ0n) is 11.4. The van der Waals surface area contributed by atoms with Crippen molar-refractivity contribution in [2.45, 2.75) is 18.0 Å². The van der Waals surface area contributed by atoms with E-state index in [1.165, 1.54) is 6.33 Å². The van der Waals surface area contributed by atoms with Crippen LogP contribution < -0.4 is 10.0 Å². The third-order valence-corrected chi connectivity index (χ3v) is 5.13. The number of aromatic nitrogens is 2. The predicted molar refractivity (Wildman–Crippen MR) is 83.0 cm³/mol. The average molecular weight is 371 g/mol. The highest BCUT2D eigenvalue weighted by atomic mass is 79.9. The summed E-state index contributed by atoms with van der Waals surface area (Å²) in [6, 6.07) is 6.81. The Bertz CT molecular complexity index is 707. The van der Waals surface area contributed by atoms with Crippen LogP contribution in [0.3, 0.4) is 0 Å². The summed E-state index contributed by atoms with van der Waals surface area (Å²) in [4.78, 5) is 7.97. The predicted octanol–water partition coefficient (Wildman–Crippen LogP) is 1.44. The minimum absolute atomic E-state index is 0.121. The van der Waals surface area contributed by atoms with Gasteiger partial charge in [-0.05, 0) is 46.7 Å². The Kier molecular flexibility index (Phi) is 5.40. The van der Waals surface area contributed by atoms with Crippen LogP contribution in [0.4, 0.5) is 0 Å². The summed E-state index contributed by atoms with van der Waals surface area (Å²) in [7, 11) is -1.76. The second kappa shape index (κ2) is 7.08. The molecule has 112 valence electrons. The lowest BCUT2D eigenvalue weighted by atomic mass is 10.2. The van der Waals surface area contributed by atoms with E-state index in [4.69, 9.17) is 0 Å². The number of rotatable bonds is 6. The van der Waals surface area contributed by atoms with Crippen molar-refractivity contribution in [2.75, 3.05) is 7.05 Å². The van der Waals surface area contributed by atoms with Gasteiger partial charge in [-0.25, -0.2) is 23.1 Å². The lowest BCUT2D eigenvalue weighted by Crippen LogP contribution is -2.24. The molecule has 2 rings (SSSR count). The van der Waals surface area contributed by atoms with Gasteiger partial charge in [-0.3, -0.25) is 0 Å². The van der Waals surface area contributed by atoms with Gasteiger partial charge < -0.3 is 5.32 Å². The van der Waals surface area contributed by atoms with Crippen LogP contribution in [-0.2, 0) is 23.1 Å². The summed E-state index contributed by atoms with van der Waals surface area (Å²) in [5, 5.41) is 3.02. The van der Waals surface area contributed by atoms with Gasteiger partial charge in [0.05, 0.1) is 17.1 Å². The fourth-order valence-corrected chi connectivity index (χ4v) is 3.87. The largest absolute Gasteiger partial charge is 0.316 e. The lowest BCUT2D eigenvalue weighted by Gasteiger charge is -2.09. The first-order chi connectivity index (χ1) is 10.0. The van der Waals surface area contributed by atoms with Crippen LogP contribution in [0.15, 0.2) is 46.2 Å². The Hall–Kier alpha value is -1.35. The standard InChI is InChI=1S/C13H15BrN4O2S/c1-15-7-10-2-3-13(12(14)6-10)21(19,20)18-8-11-4-5-16-9-17-11/h2-6,9,15,18H,7-8H2,1H3.